The number of rotatable bonds is 6. The molecule has 21 heavy (non-hydrogen) atoms. The number of hydrazone groups is 1. The van der Waals surface area contributed by atoms with Gasteiger partial charge in [0, 0.05) is 23.7 Å². The molecule has 114 valence electrons. The van der Waals surface area contributed by atoms with E-state index in [1.54, 1.807) is 26.0 Å². The van der Waals surface area contributed by atoms with E-state index >= 15 is 0 Å². The van der Waals surface area contributed by atoms with Crippen molar-refractivity contribution in [2.45, 2.75) is 33.6 Å². The Labute approximate surface area is 129 Å². The van der Waals surface area contributed by atoms with E-state index in [1.165, 1.54) is 6.07 Å². The van der Waals surface area contributed by atoms with Crippen LogP contribution in [0.5, 0.6) is 0 Å². The van der Waals surface area contributed by atoms with E-state index in [9.17, 15) is 10.1 Å². The third-order valence-corrected chi connectivity index (χ3v) is 3.20. The summed E-state index contributed by atoms with van der Waals surface area (Å²) in [6.45, 7) is 6.38. The molecule has 7 heteroatoms. The lowest BCUT2D eigenvalue weighted by Gasteiger charge is -2.07. The number of benzene rings is 1. The standard InChI is InChI=1S/C14H20N4O2S/c1-4-5-8-15-14(21)17-16-11(3)12-7-6-10(2)13(9-12)18(19)20/h6-7,9H,4-5,8H2,1-3H3,(H2,15,17,21)/b16-11-. The lowest BCUT2D eigenvalue weighted by atomic mass is 10.1. The first kappa shape index (κ1) is 17.0. The molecule has 0 atom stereocenters. The van der Waals surface area contributed by atoms with Crippen LogP contribution in [0.15, 0.2) is 23.3 Å². The van der Waals surface area contributed by atoms with E-state index in [0.29, 0.717) is 22.0 Å². The van der Waals surface area contributed by atoms with Crippen LogP contribution in [0.2, 0.25) is 0 Å². The van der Waals surface area contributed by atoms with E-state index in [0.717, 1.165) is 19.4 Å². The molecule has 0 aliphatic carbocycles. The Hall–Kier alpha value is -2.02. The lowest BCUT2D eigenvalue weighted by molar-refractivity contribution is -0.385. The number of nitro benzene ring substituents is 1. The molecule has 0 heterocycles. The summed E-state index contributed by atoms with van der Waals surface area (Å²) >= 11 is 5.09. The van der Waals surface area contributed by atoms with Crippen molar-refractivity contribution in [2.24, 2.45) is 5.10 Å². The molecule has 0 aliphatic rings. The van der Waals surface area contributed by atoms with E-state index in [2.05, 4.69) is 22.8 Å². The van der Waals surface area contributed by atoms with Gasteiger partial charge in [0.15, 0.2) is 5.11 Å². The highest BCUT2D eigenvalue weighted by Gasteiger charge is 2.12. The molecule has 0 bridgehead atoms. The van der Waals surface area contributed by atoms with Crippen LogP contribution in [-0.2, 0) is 0 Å². The van der Waals surface area contributed by atoms with Crippen molar-refractivity contribution < 1.29 is 4.92 Å². The largest absolute Gasteiger partial charge is 0.361 e. The summed E-state index contributed by atoms with van der Waals surface area (Å²) in [6.07, 6.45) is 2.12. The van der Waals surface area contributed by atoms with Gasteiger partial charge in [-0.1, -0.05) is 25.5 Å². The van der Waals surface area contributed by atoms with Crippen molar-refractivity contribution in [2.75, 3.05) is 6.54 Å². The van der Waals surface area contributed by atoms with Gasteiger partial charge in [-0.05, 0) is 32.5 Å². The fourth-order valence-electron chi connectivity index (χ4n) is 1.65. The molecule has 0 aromatic heterocycles. The highest BCUT2D eigenvalue weighted by molar-refractivity contribution is 7.80. The predicted octanol–water partition coefficient (Wildman–Crippen LogP) is 2.89. The number of hydrogen-bond donors (Lipinski definition) is 2. The molecule has 0 radical (unpaired) electrons. The highest BCUT2D eigenvalue weighted by Crippen LogP contribution is 2.19. The Morgan fingerprint density at radius 2 is 2.19 bits per heavy atom. The zero-order valence-corrected chi connectivity index (χ0v) is 13.3. The van der Waals surface area contributed by atoms with Crippen LogP contribution in [0.1, 0.15) is 37.8 Å². The second-order valence-electron chi connectivity index (χ2n) is 4.68. The molecular formula is C14H20N4O2S. The van der Waals surface area contributed by atoms with E-state index < -0.39 is 4.92 Å². The molecule has 0 aliphatic heterocycles. The van der Waals surface area contributed by atoms with Crippen LogP contribution in [-0.4, -0.2) is 22.3 Å². The van der Waals surface area contributed by atoms with Gasteiger partial charge < -0.3 is 5.32 Å². The molecule has 1 rings (SSSR count). The number of unbranched alkanes of at least 4 members (excludes halogenated alkanes) is 1. The molecule has 0 spiro atoms. The Morgan fingerprint density at radius 1 is 1.48 bits per heavy atom. The first-order valence-electron chi connectivity index (χ1n) is 6.79. The molecule has 0 unspecified atom stereocenters. The van der Waals surface area contributed by atoms with E-state index in [-0.39, 0.29) is 5.69 Å². The van der Waals surface area contributed by atoms with Crippen LogP contribution < -0.4 is 10.7 Å². The fraction of sp³-hybridized carbons (Fsp3) is 0.429. The molecule has 1 aromatic carbocycles. The fourth-order valence-corrected chi connectivity index (χ4v) is 1.80. The van der Waals surface area contributed by atoms with Crippen molar-refractivity contribution in [1.29, 1.82) is 0 Å². The van der Waals surface area contributed by atoms with Gasteiger partial charge >= 0.3 is 0 Å². The van der Waals surface area contributed by atoms with Crippen LogP contribution >= 0.6 is 12.2 Å². The molecule has 0 saturated carbocycles. The molecule has 6 nitrogen and oxygen atoms in total. The quantitative estimate of drug-likeness (QED) is 0.278. The molecule has 0 saturated heterocycles. The van der Waals surface area contributed by atoms with Gasteiger partial charge in [-0.15, -0.1) is 0 Å². The summed E-state index contributed by atoms with van der Waals surface area (Å²) in [5, 5.41) is 18.6. The number of nitrogens with one attached hydrogen (secondary N) is 2. The summed E-state index contributed by atoms with van der Waals surface area (Å²) in [7, 11) is 0. The third-order valence-electron chi connectivity index (χ3n) is 2.96. The van der Waals surface area contributed by atoms with Crippen LogP contribution in [0.25, 0.3) is 0 Å². The highest BCUT2D eigenvalue weighted by atomic mass is 32.1. The summed E-state index contributed by atoms with van der Waals surface area (Å²) < 4.78 is 0. The Morgan fingerprint density at radius 3 is 2.81 bits per heavy atom. The van der Waals surface area contributed by atoms with Gasteiger partial charge in [0.05, 0.1) is 10.6 Å². The van der Waals surface area contributed by atoms with Crippen molar-refractivity contribution in [3.05, 3.63) is 39.4 Å². The summed E-state index contributed by atoms with van der Waals surface area (Å²) in [4.78, 5) is 10.5. The van der Waals surface area contributed by atoms with Crippen LogP contribution in [0.4, 0.5) is 5.69 Å². The number of aryl methyl sites for hydroxylation is 1. The number of nitrogens with zero attached hydrogens (tertiary/aromatic N) is 2. The van der Waals surface area contributed by atoms with Gasteiger partial charge in [0.1, 0.15) is 0 Å². The number of thiocarbonyl (C=S) groups is 1. The average molecular weight is 308 g/mol. The SMILES string of the molecule is CCCCNC(=S)N/N=C(/C)c1ccc(C)c([N+](=O)[O-])c1. The first-order chi connectivity index (χ1) is 9.95. The Balaban J connectivity index is 2.72. The van der Waals surface area contributed by atoms with Crippen molar-refractivity contribution in [3.63, 3.8) is 0 Å². The summed E-state index contributed by atoms with van der Waals surface area (Å²) in [5.74, 6) is 0. The predicted molar refractivity (Wildman–Crippen MR) is 88.7 cm³/mol. The third kappa shape index (κ3) is 5.47. The lowest BCUT2D eigenvalue weighted by Crippen LogP contribution is -2.33. The molecule has 0 fully saturated rings. The Bertz CT molecular complexity index is 558. The minimum atomic E-state index is -0.392. The molecule has 0 amide bonds. The normalized spacial score (nSPS) is 11.1. The van der Waals surface area contributed by atoms with Crippen molar-refractivity contribution >= 4 is 28.7 Å². The number of hydrogen-bond acceptors (Lipinski definition) is 4. The maximum atomic E-state index is 10.9. The molecule has 2 N–H and O–H groups in total. The monoisotopic (exact) mass is 308 g/mol. The second kappa shape index (κ2) is 8.31. The Kier molecular flexibility index (Phi) is 6.74. The minimum absolute atomic E-state index is 0.0886. The zero-order valence-electron chi connectivity index (χ0n) is 12.5. The zero-order chi connectivity index (χ0) is 15.8. The van der Waals surface area contributed by atoms with Crippen molar-refractivity contribution in [3.8, 4) is 0 Å². The summed E-state index contributed by atoms with van der Waals surface area (Å²) in [5.41, 5.74) is 4.78. The first-order valence-corrected chi connectivity index (χ1v) is 7.20. The van der Waals surface area contributed by atoms with Gasteiger partial charge in [0.2, 0.25) is 0 Å². The summed E-state index contributed by atoms with van der Waals surface area (Å²) in [6, 6.07) is 5.03. The van der Waals surface area contributed by atoms with Crippen molar-refractivity contribution in [1.82, 2.24) is 10.7 Å². The van der Waals surface area contributed by atoms with Gasteiger partial charge in [0.25, 0.3) is 5.69 Å². The average Bonchev–Trinajstić information content (AvgIpc) is 2.45. The van der Waals surface area contributed by atoms with Gasteiger partial charge in [-0.25, -0.2) is 0 Å². The van der Waals surface area contributed by atoms with Gasteiger partial charge in [-0.2, -0.15) is 5.10 Å². The molecular weight excluding hydrogens is 288 g/mol. The molecule has 1 aromatic rings. The topological polar surface area (TPSA) is 79.6 Å². The van der Waals surface area contributed by atoms with Gasteiger partial charge in [-0.3, -0.25) is 15.5 Å². The maximum Gasteiger partial charge on any atom is 0.272 e. The smallest absolute Gasteiger partial charge is 0.272 e. The number of nitro groups is 1. The minimum Gasteiger partial charge on any atom is -0.361 e. The van der Waals surface area contributed by atoms with Crippen LogP contribution in [0.3, 0.4) is 0 Å². The second-order valence-corrected chi connectivity index (χ2v) is 5.09. The van der Waals surface area contributed by atoms with E-state index in [4.69, 9.17) is 12.2 Å². The maximum absolute atomic E-state index is 10.9. The van der Waals surface area contributed by atoms with Crippen LogP contribution in [0, 0.1) is 17.0 Å². The van der Waals surface area contributed by atoms with E-state index in [1.807, 2.05) is 0 Å².